The Hall–Kier alpha value is -2.27. The fourth-order valence-electron chi connectivity index (χ4n) is 2.45. The van der Waals surface area contributed by atoms with Crippen molar-refractivity contribution in [3.63, 3.8) is 0 Å². The average Bonchev–Trinajstić information content (AvgIpc) is 2.66. The van der Waals surface area contributed by atoms with E-state index in [4.69, 9.17) is 0 Å². The number of amides is 2. The van der Waals surface area contributed by atoms with Gasteiger partial charge in [-0.15, -0.1) is 11.8 Å². The number of unbranched alkanes of at least 4 members (excludes halogenated alkanes) is 1. The van der Waals surface area contributed by atoms with Crippen molar-refractivity contribution >= 4 is 29.3 Å². The van der Waals surface area contributed by atoms with Gasteiger partial charge in [0.05, 0.1) is 11.3 Å². The number of anilines is 1. The van der Waals surface area contributed by atoms with E-state index >= 15 is 0 Å². The second kappa shape index (κ2) is 10.0. The molecule has 0 saturated heterocycles. The van der Waals surface area contributed by atoms with Crippen LogP contribution in [0.3, 0.4) is 0 Å². The molecule has 0 spiro atoms. The number of thioether (sulfide) groups is 1. The molecule has 0 fully saturated rings. The molecule has 0 aliphatic rings. The second-order valence-electron chi connectivity index (χ2n) is 6.28. The van der Waals surface area contributed by atoms with E-state index in [1.54, 1.807) is 4.90 Å². The molecule has 26 heavy (non-hydrogen) atoms. The molecule has 0 aromatic heterocycles. The molecule has 0 saturated carbocycles. The number of aryl methyl sites for hydroxylation is 1. The van der Waals surface area contributed by atoms with E-state index < -0.39 is 0 Å². The van der Waals surface area contributed by atoms with Crippen LogP contribution in [0.15, 0.2) is 53.4 Å². The SMILES string of the molecule is CCCCN(C)C(=O)c1ccccc1SCC(=O)Nc1ccc(C)cc1. The lowest BCUT2D eigenvalue weighted by molar-refractivity contribution is -0.113. The number of hydrogen-bond donors (Lipinski definition) is 1. The lowest BCUT2D eigenvalue weighted by Gasteiger charge is -2.18. The zero-order chi connectivity index (χ0) is 18.9. The number of hydrogen-bond acceptors (Lipinski definition) is 3. The molecule has 2 aromatic rings. The Morgan fingerprint density at radius 3 is 2.46 bits per heavy atom. The molecule has 0 unspecified atom stereocenters. The van der Waals surface area contributed by atoms with Gasteiger partial charge in [0.15, 0.2) is 0 Å². The van der Waals surface area contributed by atoms with Crippen molar-refractivity contribution in [2.45, 2.75) is 31.6 Å². The minimum absolute atomic E-state index is 0.000456. The first-order valence-corrected chi connectivity index (χ1v) is 9.83. The molecule has 2 rings (SSSR count). The predicted octanol–water partition coefficient (Wildman–Crippen LogP) is 4.60. The van der Waals surface area contributed by atoms with Crippen LogP contribution in [-0.4, -0.2) is 36.1 Å². The van der Waals surface area contributed by atoms with Gasteiger partial charge in [-0.1, -0.05) is 43.2 Å². The number of rotatable bonds is 8. The molecule has 1 N–H and O–H groups in total. The highest BCUT2D eigenvalue weighted by atomic mass is 32.2. The predicted molar refractivity (Wildman–Crippen MR) is 109 cm³/mol. The Balaban J connectivity index is 1.97. The Kier molecular flexibility index (Phi) is 7.73. The highest BCUT2D eigenvalue weighted by Crippen LogP contribution is 2.24. The summed E-state index contributed by atoms with van der Waals surface area (Å²) in [7, 11) is 1.82. The molecule has 5 heteroatoms. The van der Waals surface area contributed by atoms with E-state index in [1.807, 2.05) is 62.5 Å². The third-order valence-electron chi connectivity index (χ3n) is 4.01. The number of carbonyl (C=O) groups excluding carboxylic acids is 2. The van der Waals surface area contributed by atoms with Crippen LogP contribution in [0.25, 0.3) is 0 Å². The van der Waals surface area contributed by atoms with E-state index in [2.05, 4.69) is 12.2 Å². The van der Waals surface area contributed by atoms with E-state index in [0.717, 1.165) is 35.5 Å². The standard InChI is InChI=1S/C21H26N2O2S/c1-4-5-14-23(3)21(25)18-8-6-7-9-19(18)26-15-20(24)22-17-12-10-16(2)11-13-17/h6-13H,4-5,14-15H2,1-3H3,(H,22,24). The van der Waals surface area contributed by atoms with E-state index in [-0.39, 0.29) is 17.6 Å². The second-order valence-corrected chi connectivity index (χ2v) is 7.30. The van der Waals surface area contributed by atoms with Crippen molar-refractivity contribution in [1.29, 1.82) is 0 Å². The van der Waals surface area contributed by atoms with Crippen LogP contribution in [0.5, 0.6) is 0 Å². The number of nitrogens with zero attached hydrogens (tertiary/aromatic N) is 1. The number of carbonyl (C=O) groups is 2. The van der Waals surface area contributed by atoms with Crippen LogP contribution in [0.1, 0.15) is 35.7 Å². The Morgan fingerprint density at radius 2 is 1.77 bits per heavy atom. The minimum atomic E-state index is -0.0829. The van der Waals surface area contributed by atoms with E-state index in [9.17, 15) is 9.59 Å². The summed E-state index contributed by atoms with van der Waals surface area (Å²) >= 11 is 1.39. The van der Waals surface area contributed by atoms with Crippen molar-refractivity contribution < 1.29 is 9.59 Å². The van der Waals surface area contributed by atoms with Gasteiger partial charge in [-0.25, -0.2) is 0 Å². The van der Waals surface area contributed by atoms with Gasteiger partial charge >= 0.3 is 0 Å². The minimum Gasteiger partial charge on any atom is -0.342 e. The summed E-state index contributed by atoms with van der Waals surface area (Å²) in [6.07, 6.45) is 2.03. The Bertz CT molecular complexity index is 744. The summed E-state index contributed by atoms with van der Waals surface area (Å²) in [5, 5.41) is 2.88. The van der Waals surface area contributed by atoms with Gasteiger partial charge in [-0.3, -0.25) is 9.59 Å². The topological polar surface area (TPSA) is 49.4 Å². The van der Waals surface area contributed by atoms with Crippen molar-refractivity contribution in [3.8, 4) is 0 Å². The van der Waals surface area contributed by atoms with E-state index in [0.29, 0.717) is 5.56 Å². The van der Waals surface area contributed by atoms with Gasteiger partial charge in [0.1, 0.15) is 0 Å². The summed E-state index contributed by atoms with van der Waals surface area (Å²) < 4.78 is 0. The zero-order valence-corrected chi connectivity index (χ0v) is 16.4. The van der Waals surface area contributed by atoms with Gasteiger partial charge in [-0.05, 0) is 37.6 Å². The van der Waals surface area contributed by atoms with Crippen LogP contribution < -0.4 is 5.32 Å². The Morgan fingerprint density at radius 1 is 1.08 bits per heavy atom. The normalized spacial score (nSPS) is 10.4. The summed E-state index contributed by atoms with van der Waals surface area (Å²) in [6.45, 7) is 4.85. The molecule has 0 heterocycles. The van der Waals surface area contributed by atoms with Crippen LogP contribution in [0.2, 0.25) is 0 Å². The maximum atomic E-state index is 12.7. The fourth-order valence-corrected chi connectivity index (χ4v) is 3.29. The largest absolute Gasteiger partial charge is 0.342 e. The highest BCUT2D eigenvalue weighted by Gasteiger charge is 2.16. The van der Waals surface area contributed by atoms with Gasteiger partial charge in [0.2, 0.25) is 5.91 Å². The summed E-state index contributed by atoms with van der Waals surface area (Å²) in [6, 6.07) is 15.2. The quantitative estimate of drug-likeness (QED) is 0.691. The zero-order valence-electron chi connectivity index (χ0n) is 15.6. The molecule has 2 aromatic carbocycles. The van der Waals surface area contributed by atoms with Gasteiger partial charge in [-0.2, -0.15) is 0 Å². The molecule has 0 aliphatic carbocycles. The Labute approximate surface area is 160 Å². The van der Waals surface area contributed by atoms with Crippen LogP contribution >= 0.6 is 11.8 Å². The highest BCUT2D eigenvalue weighted by molar-refractivity contribution is 8.00. The lowest BCUT2D eigenvalue weighted by atomic mass is 10.2. The molecular formula is C21H26N2O2S. The van der Waals surface area contributed by atoms with Crippen molar-refractivity contribution in [3.05, 3.63) is 59.7 Å². The first-order valence-electron chi connectivity index (χ1n) is 8.85. The average molecular weight is 371 g/mol. The van der Waals surface area contributed by atoms with Gasteiger partial charge < -0.3 is 10.2 Å². The van der Waals surface area contributed by atoms with Crippen molar-refractivity contribution in [2.24, 2.45) is 0 Å². The van der Waals surface area contributed by atoms with Crippen LogP contribution in [0.4, 0.5) is 5.69 Å². The third kappa shape index (κ3) is 5.92. The maximum absolute atomic E-state index is 12.7. The molecule has 4 nitrogen and oxygen atoms in total. The third-order valence-corrected chi connectivity index (χ3v) is 5.08. The smallest absolute Gasteiger partial charge is 0.254 e. The van der Waals surface area contributed by atoms with Gasteiger partial charge in [0.25, 0.3) is 5.91 Å². The summed E-state index contributed by atoms with van der Waals surface area (Å²) in [4.78, 5) is 27.4. The summed E-state index contributed by atoms with van der Waals surface area (Å²) in [5.74, 6) is 0.178. The fraction of sp³-hybridized carbons (Fsp3) is 0.333. The molecule has 0 atom stereocenters. The van der Waals surface area contributed by atoms with Crippen molar-refractivity contribution in [2.75, 3.05) is 24.7 Å². The lowest BCUT2D eigenvalue weighted by Crippen LogP contribution is -2.28. The van der Waals surface area contributed by atoms with Crippen molar-refractivity contribution in [1.82, 2.24) is 4.90 Å². The molecule has 0 bridgehead atoms. The first-order chi connectivity index (χ1) is 12.5. The summed E-state index contributed by atoms with van der Waals surface area (Å²) in [5.41, 5.74) is 2.58. The number of benzene rings is 2. The maximum Gasteiger partial charge on any atom is 0.254 e. The molecular weight excluding hydrogens is 344 g/mol. The van der Waals surface area contributed by atoms with Crippen LogP contribution in [0, 0.1) is 6.92 Å². The molecule has 0 radical (unpaired) electrons. The molecule has 0 aliphatic heterocycles. The molecule has 138 valence electrons. The first kappa shape index (κ1) is 20.0. The number of nitrogens with one attached hydrogen (secondary N) is 1. The van der Waals surface area contributed by atoms with Gasteiger partial charge in [0, 0.05) is 24.2 Å². The monoisotopic (exact) mass is 370 g/mol. The van der Waals surface area contributed by atoms with E-state index in [1.165, 1.54) is 11.8 Å². The molecule has 2 amide bonds. The van der Waals surface area contributed by atoms with Crippen LogP contribution in [-0.2, 0) is 4.79 Å².